The number of amides is 1. The summed E-state index contributed by atoms with van der Waals surface area (Å²) in [5, 5.41) is 2.55. The number of hydrogen-bond acceptors (Lipinski definition) is 6. The average molecular weight is 443 g/mol. The van der Waals surface area contributed by atoms with Crippen molar-refractivity contribution in [3.63, 3.8) is 0 Å². The zero-order valence-corrected chi connectivity index (χ0v) is 18.1. The van der Waals surface area contributed by atoms with Crippen LogP contribution in [-0.4, -0.2) is 41.7 Å². The molecule has 1 fully saturated rings. The highest BCUT2D eigenvalue weighted by Crippen LogP contribution is 2.33. The molecule has 1 aromatic carbocycles. The molecule has 30 heavy (non-hydrogen) atoms. The minimum Gasteiger partial charge on any atom is -0.274 e. The number of aromatic nitrogens is 2. The number of sulfonamides is 1. The predicted octanol–water partition coefficient (Wildman–Crippen LogP) is 3.61. The zero-order chi connectivity index (χ0) is 21.1. The Morgan fingerprint density at radius 2 is 1.87 bits per heavy atom. The van der Waals surface area contributed by atoms with Crippen molar-refractivity contribution in [3.05, 3.63) is 65.9 Å². The van der Waals surface area contributed by atoms with E-state index in [0.29, 0.717) is 31.1 Å². The van der Waals surface area contributed by atoms with Crippen LogP contribution in [0.15, 0.2) is 65.1 Å². The summed E-state index contributed by atoms with van der Waals surface area (Å²) in [7, 11) is -3.60. The van der Waals surface area contributed by atoms with Crippen LogP contribution in [0.2, 0.25) is 0 Å². The zero-order valence-electron chi connectivity index (χ0n) is 16.5. The van der Waals surface area contributed by atoms with Gasteiger partial charge in [-0.15, -0.1) is 11.3 Å². The third kappa shape index (κ3) is 4.14. The second-order valence-corrected chi connectivity index (χ2v) is 9.92. The molecule has 1 amide bonds. The minimum absolute atomic E-state index is 0.0472. The molecule has 0 unspecified atom stereocenters. The number of nitrogens with zero attached hydrogens (tertiary/aromatic N) is 4. The van der Waals surface area contributed by atoms with Crippen molar-refractivity contribution in [1.82, 2.24) is 14.3 Å². The van der Waals surface area contributed by atoms with Crippen LogP contribution >= 0.6 is 11.3 Å². The summed E-state index contributed by atoms with van der Waals surface area (Å²) < 4.78 is 27.1. The quantitative estimate of drug-likeness (QED) is 0.603. The van der Waals surface area contributed by atoms with E-state index in [1.165, 1.54) is 21.8 Å². The van der Waals surface area contributed by atoms with Crippen LogP contribution in [-0.2, 0) is 14.8 Å². The van der Waals surface area contributed by atoms with Crippen LogP contribution < -0.4 is 4.90 Å². The van der Waals surface area contributed by atoms with E-state index in [2.05, 4.69) is 9.97 Å². The van der Waals surface area contributed by atoms with Gasteiger partial charge in [0, 0.05) is 36.8 Å². The van der Waals surface area contributed by atoms with Gasteiger partial charge < -0.3 is 0 Å². The molecule has 1 aliphatic heterocycles. The fourth-order valence-electron chi connectivity index (χ4n) is 3.53. The smallest absolute Gasteiger partial charge is 0.244 e. The molecule has 3 aromatic rings. The van der Waals surface area contributed by atoms with Crippen molar-refractivity contribution in [1.29, 1.82) is 0 Å². The van der Waals surface area contributed by atoms with Gasteiger partial charge in [-0.2, -0.15) is 4.31 Å². The molecule has 0 N–H and O–H groups in total. The highest BCUT2D eigenvalue weighted by molar-refractivity contribution is 7.89. The Morgan fingerprint density at radius 1 is 1.13 bits per heavy atom. The number of carbonyl (C=O) groups excluding carboxylic acids is 1. The number of benzene rings is 1. The molecule has 3 heterocycles. The fraction of sp³-hybridized carbons (Fsp3) is 0.286. The molecule has 0 saturated carbocycles. The predicted molar refractivity (Wildman–Crippen MR) is 116 cm³/mol. The van der Waals surface area contributed by atoms with E-state index in [-0.39, 0.29) is 16.7 Å². The Bertz CT molecular complexity index is 1110. The van der Waals surface area contributed by atoms with E-state index in [1.807, 2.05) is 42.6 Å². The number of thiazole rings is 1. The molecule has 0 aliphatic carbocycles. The molecule has 0 bridgehead atoms. The topological polar surface area (TPSA) is 83.5 Å². The second kappa shape index (κ2) is 8.63. The van der Waals surface area contributed by atoms with E-state index in [0.717, 1.165) is 11.4 Å². The second-order valence-electron chi connectivity index (χ2n) is 7.15. The maximum atomic E-state index is 13.4. The number of para-hydroxylation sites is 1. The number of aryl methyl sites for hydroxylation is 1. The van der Waals surface area contributed by atoms with Crippen LogP contribution in [0.3, 0.4) is 0 Å². The average Bonchev–Trinajstić information content (AvgIpc) is 3.21. The van der Waals surface area contributed by atoms with Crippen molar-refractivity contribution in [2.24, 2.45) is 5.92 Å². The fourth-order valence-corrected chi connectivity index (χ4v) is 5.79. The Kier molecular flexibility index (Phi) is 5.94. The standard InChI is InChI=1S/C21H22N4O3S2/c1-16-15-29-21(23-16)25(18-6-3-2-4-7-18)20(26)17-9-12-24(13-10-17)30(27,28)19-8-5-11-22-14-19/h2-8,11,14-15,17H,9-10,12-13H2,1H3. The lowest BCUT2D eigenvalue weighted by Gasteiger charge is -2.33. The molecular weight excluding hydrogens is 420 g/mol. The lowest BCUT2D eigenvalue weighted by Crippen LogP contribution is -2.43. The van der Waals surface area contributed by atoms with Crippen LogP contribution in [0.1, 0.15) is 18.5 Å². The summed E-state index contributed by atoms with van der Waals surface area (Å²) in [6, 6.07) is 12.6. The first kappa shape index (κ1) is 20.6. The molecule has 0 radical (unpaired) electrons. The Hall–Kier alpha value is -2.62. The van der Waals surface area contributed by atoms with Gasteiger partial charge in [-0.25, -0.2) is 13.4 Å². The van der Waals surface area contributed by atoms with Gasteiger partial charge in [-0.05, 0) is 44.0 Å². The van der Waals surface area contributed by atoms with Gasteiger partial charge in [0.15, 0.2) is 5.13 Å². The lowest BCUT2D eigenvalue weighted by molar-refractivity contribution is -0.122. The van der Waals surface area contributed by atoms with Gasteiger partial charge in [-0.3, -0.25) is 14.7 Å². The summed E-state index contributed by atoms with van der Waals surface area (Å²) in [5.74, 6) is -0.316. The van der Waals surface area contributed by atoms with E-state index in [9.17, 15) is 13.2 Å². The lowest BCUT2D eigenvalue weighted by atomic mass is 9.96. The number of anilines is 2. The SMILES string of the molecule is Cc1csc(N(C(=O)C2CCN(S(=O)(=O)c3cccnc3)CC2)c2ccccc2)n1. The highest BCUT2D eigenvalue weighted by Gasteiger charge is 2.35. The number of pyridine rings is 1. The summed E-state index contributed by atoms with van der Waals surface area (Å²) >= 11 is 1.43. The largest absolute Gasteiger partial charge is 0.274 e. The molecule has 7 nitrogen and oxygen atoms in total. The minimum atomic E-state index is -3.60. The molecule has 1 saturated heterocycles. The van der Waals surface area contributed by atoms with Crippen molar-refractivity contribution in [3.8, 4) is 0 Å². The molecule has 0 spiro atoms. The summed E-state index contributed by atoms with van der Waals surface area (Å²) in [5.41, 5.74) is 1.63. The van der Waals surface area contributed by atoms with E-state index < -0.39 is 10.0 Å². The molecule has 4 rings (SSSR count). The Balaban J connectivity index is 1.52. The molecule has 9 heteroatoms. The van der Waals surface area contributed by atoms with Crippen molar-refractivity contribution in [2.45, 2.75) is 24.7 Å². The molecule has 1 aliphatic rings. The highest BCUT2D eigenvalue weighted by atomic mass is 32.2. The summed E-state index contributed by atoms with van der Waals surface area (Å²) in [6.45, 7) is 2.50. The third-order valence-corrected chi connectivity index (χ3v) is 7.93. The van der Waals surface area contributed by atoms with Crippen LogP contribution in [0.4, 0.5) is 10.8 Å². The molecule has 0 atom stereocenters. The molecule has 2 aromatic heterocycles. The first-order valence-corrected chi connectivity index (χ1v) is 12.0. The number of hydrogen-bond donors (Lipinski definition) is 0. The van der Waals surface area contributed by atoms with Crippen molar-refractivity contribution < 1.29 is 13.2 Å². The normalized spacial score (nSPS) is 15.8. The van der Waals surface area contributed by atoms with E-state index >= 15 is 0 Å². The molecular formula is C21H22N4O3S2. The summed E-state index contributed by atoms with van der Waals surface area (Å²) in [4.78, 5) is 23.7. The monoisotopic (exact) mass is 442 g/mol. The van der Waals surface area contributed by atoms with Crippen molar-refractivity contribution in [2.75, 3.05) is 18.0 Å². The van der Waals surface area contributed by atoms with Gasteiger partial charge >= 0.3 is 0 Å². The van der Waals surface area contributed by atoms with Crippen LogP contribution in [0.5, 0.6) is 0 Å². The third-order valence-electron chi connectivity index (χ3n) is 5.11. The summed E-state index contributed by atoms with van der Waals surface area (Å²) in [6.07, 6.45) is 3.83. The maximum absolute atomic E-state index is 13.4. The van der Waals surface area contributed by atoms with E-state index in [1.54, 1.807) is 23.2 Å². The molecule has 156 valence electrons. The first-order valence-electron chi connectivity index (χ1n) is 9.68. The van der Waals surface area contributed by atoms with Crippen LogP contribution in [0.25, 0.3) is 0 Å². The maximum Gasteiger partial charge on any atom is 0.244 e. The number of rotatable bonds is 5. The van der Waals surface area contributed by atoms with Gasteiger partial charge in [0.05, 0.1) is 11.4 Å². The van der Waals surface area contributed by atoms with E-state index in [4.69, 9.17) is 0 Å². The first-order chi connectivity index (χ1) is 14.5. The van der Waals surface area contributed by atoms with Crippen molar-refractivity contribution >= 4 is 38.1 Å². The van der Waals surface area contributed by atoms with Gasteiger partial charge in [-0.1, -0.05) is 18.2 Å². The van der Waals surface area contributed by atoms with Gasteiger partial charge in [0.25, 0.3) is 0 Å². The van der Waals surface area contributed by atoms with Crippen LogP contribution in [0, 0.1) is 12.8 Å². The van der Waals surface area contributed by atoms with Gasteiger partial charge in [0.2, 0.25) is 15.9 Å². The van der Waals surface area contributed by atoms with Gasteiger partial charge in [0.1, 0.15) is 4.90 Å². The number of piperidine rings is 1. The Labute approximate surface area is 180 Å². The Morgan fingerprint density at radius 3 is 2.47 bits per heavy atom. The number of carbonyl (C=O) groups is 1.